The van der Waals surface area contributed by atoms with Gasteiger partial charge in [0.1, 0.15) is 0 Å². The Morgan fingerprint density at radius 2 is 2.13 bits per heavy atom. The second-order valence-corrected chi connectivity index (χ2v) is 5.38. The van der Waals surface area contributed by atoms with Gasteiger partial charge in [-0.25, -0.2) is 0 Å². The van der Waals surface area contributed by atoms with Crippen molar-refractivity contribution in [1.82, 2.24) is 5.32 Å². The molecule has 1 fully saturated rings. The molecule has 1 aliphatic rings. The molecule has 1 rings (SSSR count). The molecule has 0 saturated heterocycles. The summed E-state index contributed by atoms with van der Waals surface area (Å²) < 4.78 is 0. The van der Waals surface area contributed by atoms with Crippen molar-refractivity contribution >= 4 is 5.91 Å². The predicted octanol–water partition coefficient (Wildman–Crippen LogP) is 1.67. The van der Waals surface area contributed by atoms with Crippen LogP contribution >= 0.6 is 0 Å². The highest BCUT2D eigenvalue weighted by Crippen LogP contribution is 2.38. The lowest BCUT2D eigenvalue weighted by molar-refractivity contribution is -0.123. The fourth-order valence-corrected chi connectivity index (χ4v) is 1.84. The van der Waals surface area contributed by atoms with Crippen molar-refractivity contribution in [3.05, 3.63) is 0 Å². The zero-order chi connectivity index (χ0) is 11.5. The van der Waals surface area contributed by atoms with E-state index >= 15 is 0 Å². The van der Waals surface area contributed by atoms with Crippen LogP contribution in [0.5, 0.6) is 0 Å². The van der Waals surface area contributed by atoms with Gasteiger partial charge in [0.05, 0.1) is 5.54 Å². The van der Waals surface area contributed by atoms with Gasteiger partial charge in [-0.3, -0.25) is 4.79 Å². The van der Waals surface area contributed by atoms with Crippen LogP contribution in [0.4, 0.5) is 0 Å². The number of carbonyl (C=O) groups is 1. The summed E-state index contributed by atoms with van der Waals surface area (Å²) in [6, 6.07) is 0. The molecule has 0 aromatic carbocycles. The maximum absolute atomic E-state index is 11.7. The summed E-state index contributed by atoms with van der Waals surface area (Å²) in [5, 5.41) is 3.10. The molecule has 1 aliphatic carbocycles. The van der Waals surface area contributed by atoms with Crippen LogP contribution in [0, 0.1) is 11.8 Å². The summed E-state index contributed by atoms with van der Waals surface area (Å²) >= 11 is 0. The number of hydrogen-bond acceptors (Lipinski definition) is 2. The molecule has 3 N–H and O–H groups in total. The molecule has 15 heavy (non-hydrogen) atoms. The maximum atomic E-state index is 11.7. The summed E-state index contributed by atoms with van der Waals surface area (Å²) in [5.41, 5.74) is 5.58. The highest BCUT2D eigenvalue weighted by molar-refractivity contribution is 5.76. The molecule has 3 heteroatoms. The topological polar surface area (TPSA) is 55.1 Å². The van der Waals surface area contributed by atoms with Crippen molar-refractivity contribution < 1.29 is 4.79 Å². The second-order valence-electron chi connectivity index (χ2n) is 5.38. The van der Waals surface area contributed by atoms with Crippen molar-refractivity contribution in [2.45, 2.75) is 52.0 Å². The fraction of sp³-hybridized carbons (Fsp3) is 0.917. The van der Waals surface area contributed by atoms with Gasteiger partial charge in [0, 0.05) is 13.0 Å². The highest BCUT2D eigenvalue weighted by atomic mass is 16.1. The molecule has 0 bridgehead atoms. The highest BCUT2D eigenvalue weighted by Gasteiger charge is 2.41. The minimum atomic E-state index is -0.159. The minimum Gasteiger partial charge on any atom is -0.349 e. The van der Waals surface area contributed by atoms with Gasteiger partial charge < -0.3 is 11.1 Å². The molecule has 1 amide bonds. The number of hydrogen-bond donors (Lipinski definition) is 2. The van der Waals surface area contributed by atoms with Crippen LogP contribution in [0.15, 0.2) is 0 Å². The number of nitrogens with one attached hydrogen (secondary N) is 1. The van der Waals surface area contributed by atoms with Gasteiger partial charge in [-0.05, 0) is 38.0 Å². The van der Waals surface area contributed by atoms with E-state index in [1.165, 1.54) is 12.8 Å². The van der Waals surface area contributed by atoms with Crippen LogP contribution in [-0.2, 0) is 4.79 Å². The zero-order valence-corrected chi connectivity index (χ0v) is 10.2. The van der Waals surface area contributed by atoms with E-state index in [1.807, 2.05) is 0 Å². The van der Waals surface area contributed by atoms with Crippen molar-refractivity contribution in [3.8, 4) is 0 Å². The third-order valence-electron chi connectivity index (χ3n) is 3.28. The van der Waals surface area contributed by atoms with Crippen molar-refractivity contribution in [3.63, 3.8) is 0 Å². The summed E-state index contributed by atoms with van der Waals surface area (Å²) in [6.45, 7) is 6.88. The van der Waals surface area contributed by atoms with Crippen molar-refractivity contribution in [2.75, 3.05) is 6.54 Å². The van der Waals surface area contributed by atoms with E-state index < -0.39 is 0 Å². The molecule has 88 valence electrons. The van der Waals surface area contributed by atoms with Gasteiger partial charge in [-0.15, -0.1) is 0 Å². The first kappa shape index (κ1) is 12.5. The van der Waals surface area contributed by atoms with Crippen LogP contribution in [0.2, 0.25) is 0 Å². The average Bonchev–Trinajstić information content (AvgIpc) is 2.97. The Kier molecular flexibility index (Phi) is 4.14. The maximum Gasteiger partial charge on any atom is 0.220 e. The van der Waals surface area contributed by atoms with Crippen LogP contribution in [-0.4, -0.2) is 18.0 Å². The Hall–Kier alpha value is -0.570. The predicted molar refractivity (Wildman–Crippen MR) is 62.4 cm³/mol. The van der Waals surface area contributed by atoms with Crippen LogP contribution in [0.25, 0.3) is 0 Å². The van der Waals surface area contributed by atoms with E-state index in [4.69, 9.17) is 5.73 Å². The van der Waals surface area contributed by atoms with Gasteiger partial charge in [-0.1, -0.05) is 13.8 Å². The number of carbonyl (C=O) groups excluding carboxylic acids is 1. The molecule has 0 heterocycles. The summed E-state index contributed by atoms with van der Waals surface area (Å²) in [6.07, 6.45) is 3.99. The Bertz CT molecular complexity index is 224. The summed E-state index contributed by atoms with van der Waals surface area (Å²) in [7, 11) is 0. The third kappa shape index (κ3) is 3.82. The molecule has 1 saturated carbocycles. The molecule has 0 radical (unpaired) electrons. The van der Waals surface area contributed by atoms with Gasteiger partial charge in [-0.2, -0.15) is 0 Å². The SMILES string of the molecule is CC(C)CCC(=O)NC(C)(CN)C1CC1. The van der Waals surface area contributed by atoms with E-state index in [-0.39, 0.29) is 11.4 Å². The number of rotatable bonds is 6. The Morgan fingerprint density at radius 3 is 2.53 bits per heavy atom. The summed E-state index contributed by atoms with van der Waals surface area (Å²) in [4.78, 5) is 11.7. The first-order chi connectivity index (χ1) is 6.98. The molecule has 3 nitrogen and oxygen atoms in total. The Labute approximate surface area is 92.8 Å². The van der Waals surface area contributed by atoms with E-state index in [0.717, 1.165) is 6.42 Å². The molecular weight excluding hydrogens is 188 g/mol. The van der Waals surface area contributed by atoms with Gasteiger partial charge >= 0.3 is 0 Å². The number of nitrogens with two attached hydrogens (primary N) is 1. The molecule has 1 atom stereocenters. The van der Waals surface area contributed by atoms with Crippen molar-refractivity contribution in [2.24, 2.45) is 17.6 Å². The molecule has 0 spiro atoms. The average molecular weight is 212 g/mol. The van der Waals surface area contributed by atoms with E-state index in [9.17, 15) is 4.79 Å². The minimum absolute atomic E-state index is 0.156. The van der Waals surface area contributed by atoms with Crippen molar-refractivity contribution in [1.29, 1.82) is 0 Å². The van der Waals surface area contributed by atoms with Gasteiger partial charge in [0.2, 0.25) is 5.91 Å². The van der Waals surface area contributed by atoms with Crippen LogP contribution in [0.3, 0.4) is 0 Å². The van der Waals surface area contributed by atoms with E-state index in [1.54, 1.807) is 0 Å². The zero-order valence-electron chi connectivity index (χ0n) is 10.2. The van der Waals surface area contributed by atoms with E-state index in [0.29, 0.717) is 24.8 Å². The first-order valence-corrected chi connectivity index (χ1v) is 5.99. The Balaban J connectivity index is 2.34. The normalized spacial score (nSPS) is 20.1. The lowest BCUT2D eigenvalue weighted by atomic mass is 9.95. The van der Waals surface area contributed by atoms with Crippen LogP contribution < -0.4 is 11.1 Å². The first-order valence-electron chi connectivity index (χ1n) is 5.99. The number of amides is 1. The molecule has 1 unspecified atom stereocenters. The fourth-order valence-electron chi connectivity index (χ4n) is 1.84. The van der Waals surface area contributed by atoms with E-state index in [2.05, 4.69) is 26.1 Å². The van der Waals surface area contributed by atoms with Crippen LogP contribution in [0.1, 0.15) is 46.5 Å². The largest absolute Gasteiger partial charge is 0.349 e. The van der Waals surface area contributed by atoms with Gasteiger partial charge in [0.25, 0.3) is 0 Å². The van der Waals surface area contributed by atoms with Gasteiger partial charge in [0.15, 0.2) is 0 Å². The lowest BCUT2D eigenvalue weighted by Gasteiger charge is -2.29. The molecule has 0 aromatic heterocycles. The Morgan fingerprint density at radius 1 is 1.53 bits per heavy atom. The molecule has 0 aliphatic heterocycles. The molecule has 0 aromatic rings. The monoisotopic (exact) mass is 212 g/mol. The molecular formula is C12H24N2O. The lowest BCUT2D eigenvalue weighted by Crippen LogP contribution is -2.53. The third-order valence-corrected chi connectivity index (χ3v) is 3.28. The quantitative estimate of drug-likeness (QED) is 0.703. The standard InChI is InChI=1S/C12H24N2O/c1-9(2)4-7-11(15)14-12(3,8-13)10-5-6-10/h9-10H,4-8,13H2,1-3H3,(H,14,15). The summed E-state index contributed by atoms with van der Waals surface area (Å²) in [5.74, 6) is 1.34. The smallest absolute Gasteiger partial charge is 0.220 e. The second kappa shape index (κ2) is 4.97.